The van der Waals surface area contributed by atoms with E-state index in [-0.39, 0.29) is 5.91 Å². The van der Waals surface area contributed by atoms with Crippen LogP contribution in [0.1, 0.15) is 35.5 Å². The first kappa shape index (κ1) is 13.8. The molecule has 20 heavy (non-hydrogen) atoms. The molecule has 0 unspecified atom stereocenters. The Morgan fingerprint density at radius 1 is 1.35 bits per heavy atom. The number of hydrogen-bond acceptors (Lipinski definition) is 3. The molecule has 0 aliphatic heterocycles. The van der Waals surface area contributed by atoms with Gasteiger partial charge in [0.1, 0.15) is 0 Å². The van der Waals surface area contributed by atoms with Gasteiger partial charge < -0.3 is 5.32 Å². The van der Waals surface area contributed by atoms with Crippen molar-refractivity contribution in [1.29, 1.82) is 5.26 Å². The van der Waals surface area contributed by atoms with Gasteiger partial charge in [-0.1, -0.05) is 12.1 Å². The second kappa shape index (κ2) is 5.17. The summed E-state index contributed by atoms with van der Waals surface area (Å²) >= 11 is 0. The molecule has 2 aromatic rings. The number of hydrogen-bond donors (Lipinski definition) is 2. The van der Waals surface area contributed by atoms with Crippen LogP contribution < -0.4 is 5.32 Å². The van der Waals surface area contributed by atoms with Crippen molar-refractivity contribution in [3.63, 3.8) is 0 Å². The third-order valence-electron chi connectivity index (χ3n) is 3.22. The fraction of sp³-hybridized carbons (Fsp3) is 0.267. The Labute approximate surface area is 117 Å². The van der Waals surface area contributed by atoms with Crippen LogP contribution in [0.15, 0.2) is 30.5 Å². The number of aromatic nitrogens is 2. The molecule has 1 amide bonds. The zero-order valence-electron chi connectivity index (χ0n) is 11.7. The van der Waals surface area contributed by atoms with E-state index in [1.54, 1.807) is 19.1 Å². The molecule has 0 fully saturated rings. The molecular formula is C15H16N4O. The molecule has 5 nitrogen and oxygen atoms in total. The standard InChI is InChI=1S/C15H16N4O/c1-10-13(8-17-19-10)14(20)18-12-6-4-11(5-7-12)15(2,3)9-16/h4-8H,1-3H3,(H,17,19)(H,18,20). The maximum atomic E-state index is 12.0. The minimum atomic E-state index is -0.538. The average molecular weight is 268 g/mol. The molecule has 1 aromatic heterocycles. The summed E-state index contributed by atoms with van der Waals surface area (Å²) in [6.45, 7) is 5.51. The van der Waals surface area contributed by atoms with Crippen LogP contribution in [-0.4, -0.2) is 16.1 Å². The number of H-pyrrole nitrogens is 1. The van der Waals surface area contributed by atoms with Gasteiger partial charge in [-0.05, 0) is 38.5 Å². The molecule has 0 saturated heterocycles. The van der Waals surface area contributed by atoms with E-state index >= 15 is 0 Å². The normalized spacial score (nSPS) is 10.9. The number of aromatic amines is 1. The summed E-state index contributed by atoms with van der Waals surface area (Å²) in [5.74, 6) is -0.205. The van der Waals surface area contributed by atoms with Gasteiger partial charge in [-0.2, -0.15) is 10.4 Å². The van der Waals surface area contributed by atoms with Crippen molar-refractivity contribution in [3.05, 3.63) is 47.3 Å². The average Bonchev–Trinajstić information content (AvgIpc) is 2.85. The van der Waals surface area contributed by atoms with Crippen LogP contribution in [0.25, 0.3) is 0 Å². The first-order valence-electron chi connectivity index (χ1n) is 6.27. The van der Waals surface area contributed by atoms with E-state index in [2.05, 4.69) is 21.6 Å². The Morgan fingerprint density at radius 3 is 2.50 bits per heavy atom. The highest BCUT2D eigenvalue weighted by Gasteiger charge is 2.19. The van der Waals surface area contributed by atoms with Crippen molar-refractivity contribution in [2.24, 2.45) is 0 Å². The van der Waals surface area contributed by atoms with Crippen molar-refractivity contribution < 1.29 is 4.79 Å². The first-order valence-corrected chi connectivity index (χ1v) is 6.27. The number of benzene rings is 1. The number of carbonyl (C=O) groups is 1. The minimum Gasteiger partial charge on any atom is -0.322 e. The summed E-state index contributed by atoms with van der Waals surface area (Å²) in [7, 11) is 0. The number of amides is 1. The summed E-state index contributed by atoms with van der Waals surface area (Å²) in [6.07, 6.45) is 1.50. The number of nitriles is 1. The van der Waals surface area contributed by atoms with Crippen molar-refractivity contribution in [3.8, 4) is 6.07 Å². The van der Waals surface area contributed by atoms with Crippen LogP contribution in [0.2, 0.25) is 0 Å². The lowest BCUT2D eigenvalue weighted by Gasteiger charge is -2.16. The second-order valence-corrected chi connectivity index (χ2v) is 5.18. The number of nitrogens with zero attached hydrogens (tertiary/aromatic N) is 2. The number of rotatable bonds is 3. The maximum absolute atomic E-state index is 12.0. The van der Waals surface area contributed by atoms with Crippen molar-refractivity contribution >= 4 is 11.6 Å². The Kier molecular flexibility index (Phi) is 3.57. The summed E-state index contributed by atoms with van der Waals surface area (Å²) in [5.41, 5.74) is 2.31. The fourth-order valence-corrected chi connectivity index (χ4v) is 1.81. The molecule has 1 aromatic carbocycles. The predicted octanol–water partition coefficient (Wildman–Crippen LogP) is 2.77. The largest absolute Gasteiger partial charge is 0.322 e. The van der Waals surface area contributed by atoms with E-state index < -0.39 is 5.41 Å². The summed E-state index contributed by atoms with van der Waals surface area (Å²) in [4.78, 5) is 12.0. The number of anilines is 1. The Morgan fingerprint density at radius 2 is 2.00 bits per heavy atom. The quantitative estimate of drug-likeness (QED) is 0.898. The molecule has 0 saturated carbocycles. The van der Waals surface area contributed by atoms with E-state index in [0.29, 0.717) is 11.3 Å². The topological polar surface area (TPSA) is 81.6 Å². The zero-order chi connectivity index (χ0) is 14.8. The van der Waals surface area contributed by atoms with Crippen LogP contribution in [0.3, 0.4) is 0 Å². The van der Waals surface area contributed by atoms with Crippen molar-refractivity contribution in [1.82, 2.24) is 10.2 Å². The number of nitrogens with one attached hydrogen (secondary N) is 2. The number of carbonyl (C=O) groups excluding carboxylic acids is 1. The lowest BCUT2D eigenvalue weighted by Crippen LogP contribution is -2.15. The molecule has 0 aliphatic rings. The van der Waals surface area contributed by atoms with Gasteiger partial charge in [0.15, 0.2) is 0 Å². The van der Waals surface area contributed by atoms with E-state index in [4.69, 9.17) is 5.26 Å². The Bertz CT molecular complexity index is 662. The second-order valence-electron chi connectivity index (χ2n) is 5.18. The summed E-state index contributed by atoms with van der Waals surface area (Å²) < 4.78 is 0. The predicted molar refractivity (Wildman–Crippen MR) is 76.4 cm³/mol. The summed E-state index contributed by atoms with van der Waals surface area (Å²) in [5, 5.41) is 18.4. The summed E-state index contributed by atoms with van der Waals surface area (Å²) in [6, 6.07) is 9.53. The molecule has 0 radical (unpaired) electrons. The Hall–Kier alpha value is -2.61. The zero-order valence-corrected chi connectivity index (χ0v) is 11.7. The van der Waals surface area contributed by atoms with Gasteiger partial charge >= 0.3 is 0 Å². The molecule has 0 atom stereocenters. The molecule has 0 bridgehead atoms. The van der Waals surface area contributed by atoms with Crippen LogP contribution in [-0.2, 0) is 5.41 Å². The van der Waals surface area contributed by atoms with E-state index in [0.717, 1.165) is 11.3 Å². The highest BCUT2D eigenvalue weighted by molar-refractivity contribution is 6.04. The molecule has 0 aliphatic carbocycles. The van der Waals surface area contributed by atoms with Crippen molar-refractivity contribution in [2.75, 3.05) is 5.32 Å². The number of aryl methyl sites for hydroxylation is 1. The SMILES string of the molecule is Cc1[nH]ncc1C(=O)Nc1ccc(C(C)(C)C#N)cc1. The van der Waals surface area contributed by atoms with E-state index in [1.165, 1.54) is 6.20 Å². The lowest BCUT2D eigenvalue weighted by molar-refractivity contribution is 0.102. The Balaban J connectivity index is 2.15. The fourth-order valence-electron chi connectivity index (χ4n) is 1.81. The van der Waals surface area contributed by atoms with E-state index in [9.17, 15) is 4.79 Å². The highest BCUT2D eigenvalue weighted by atomic mass is 16.1. The van der Waals surface area contributed by atoms with Crippen LogP contribution in [0.4, 0.5) is 5.69 Å². The van der Waals surface area contributed by atoms with Gasteiger partial charge in [0.2, 0.25) is 0 Å². The highest BCUT2D eigenvalue weighted by Crippen LogP contribution is 2.23. The van der Waals surface area contributed by atoms with Crippen LogP contribution in [0, 0.1) is 18.3 Å². The van der Waals surface area contributed by atoms with E-state index in [1.807, 2.05) is 26.0 Å². The smallest absolute Gasteiger partial charge is 0.259 e. The molecule has 2 N–H and O–H groups in total. The maximum Gasteiger partial charge on any atom is 0.259 e. The third kappa shape index (κ3) is 2.69. The minimum absolute atomic E-state index is 0.205. The van der Waals surface area contributed by atoms with Gasteiger partial charge in [-0.25, -0.2) is 0 Å². The van der Waals surface area contributed by atoms with Crippen LogP contribution >= 0.6 is 0 Å². The molecule has 102 valence electrons. The van der Waals surface area contributed by atoms with Gasteiger partial charge in [-0.3, -0.25) is 9.89 Å². The third-order valence-corrected chi connectivity index (χ3v) is 3.22. The lowest BCUT2D eigenvalue weighted by atomic mass is 9.86. The molecule has 5 heteroatoms. The van der Waals surface area contributed by atoms with Crippen LogP contribution in [0.5, 0.6) is 0 Å². The molecule has 2 rings (SSSR count). The molecule has 1 heterocycles. The first-order chi connectivity index (χ1) is 9.44. The van der Waals surface area contributed by atoms with Gasteiger partial charge in [-0.15, -0.1) is 0 Å². The van der Waals surface area contributed by atoms with Gasteiger partial charge in [0, 0.05) is 11.4 Å². The van der Waals surface area contributed by atoms with Crippen molar-refractivity contribution in [2.45, 2.75) is 26.2 Å². The molecular weight excluding hydrogens is 252 g/mol. The monoisotopic (exact) mass is 268 g/mol. The van der Waals surface area contributed by atoms with Gasteiger partial charge in [0.05, 0.1) is 23.2 Å². The molecule has 0 spiro atoms. The van der Waals surface area contributed by atoms with Gasteiger partial charge in [0.25, 0.3) is 5.91 Å².